The quantitative estimate of drug-likeness (QED) is 0.150. The molecule has 2 amide bonds. The number of nitrogens with one attached hydrogen (secondary N) is 4. The molecule has 0 bridgehead atoms. The summed E-state index contributed by atoms with van der Waals surface area (Å²) in [6.45, 7) is 3.86. The highest BCUT2D eigenvalue weighted by Gasteiger charge is 2.31. The van der Waals surface area contributed by atoms with Crippen molar-refractivity contribution in [1.82, 2.24) is 40.2 Å². The number of hydrogen-bond donors (Lipinski definition) is 4. The Hall–Kier alpha value is -5.88. The molecule has 56 heavy (non-hydrogen) atoms. The predicted molar refractivity (Wildman–Crippen MR) is 215 cm³/mol. The summed E-state index contributed by atoms with van der Waals surface area (Å²) in [5.41, 5.74) is 6.61. The van der Waals surface area contributed by atoms with E-state index in [2.05, 4.69) is 40.2 Å². The second kappa shape index (κ2) is 14.6. The second-order valence-electron chi connectivity index (χ2n) is 14.3. The van der Waals surface area contributed by atoms with Crippen molar-refractivity contribution in [3.05, 3.63) is 94.6 Å². The van der Waals surface area contributed by atoms with E-state index < -0.39 is 20.0 Å². The lowest BCUT2D eigenvalue weighted by Crippen LogP contribution is -2.22. The number of anilines is 2. The minimum atomic E-state index is -3.43. The van der Waals surface area contributed by atoms with Crippen LogP contribution in [0.2, 0.25) is 0 Å². The fourth-order valence-electron chi connectivity index (χ4n) is 6.51. The van der Waals surface area contributed by atoms with Gasteiger partial charge in [-0.25, -0.2) is 36.2 Å². The van der Waals surface area contributed by atoms with Crippen molar-refractivity contribution in [3.63, 3.8) is 0 Å². The maximum absolute atomic E-state index is 12.6. The number of nitrogens with zero attached hydrogens (tertiary/aromatic N) is 6. The number of sulfonamides is 2. The van der Waals surface area contributed by atoms with Crippen LogP contribution in [-0.2, 0) is 20.0 Å². The smallest absolute Gasteiger partial charge is 0.270 e. The fourth-order valence-corrected chi connectivity index (χ4v) is 7.67. The average Bonchev–Trinajstić information content (AvgIpc) is 4.08. The zero-order chi connectivity index (χ0) is 40.1. The molecule has 0 radical (unpaired) electrons. The van der Waals surface area contributed by atoms with Gasteiger partial charge >= 0.3 is 0 Å². The molecule has 0 atom stereocenters. The Bertz CT molecular complexity index is 2550. The molecule has 18 heteroatoms. The number of aromatic nitrogens is 6. The van der Waals surface area contributed by atoms with Gasteiger partial charge < -0.3 is 10.6 Å². The molecular weight excluding hydrogens is 757 g/mol. The van der Waals surface area contributed by atoms with Crippen molar-refractivity contribution in [2.45, 2.75) is 51.4 Å². The van der Waals surface area contributed by atoms with Crippen LogP contribution in [0.3, 0.4) is 0 Å². The van der Waals surface area contributed by atoms with Crippen LogP contribution in [0.4, 0.5) is 11.4 Å². The third-order valence-electron chi connectivity index (χ3n) is 9.42. The largest absolute Gasteiger partial charge is 0.354 e. The molecule has 4 N–H and O–H groups in total. The number of hydrogen-bond acceptors (Lipinski definition) is 10. The first-order chi connectivity index (χ1) is 26.5. The predicted octanol–water partition coefficient (Wildman–Crippen LogP) is 4.67. The molecule has 4 heterocycles. The first-order valence-electron chi connectivity index (χ1n) is 17.9. The Kier molecular flexibility index (Phi) is 10.0. The first kappa shape index (κ1) is 38.4. The van der Waals surface area contributed by atoms with Gasteiger partial charge in [0, 0.05) is 37.3 Å². The van der Waals surface area contributed by atoms with Gasteiger partial charge in [0.15, 0.2) is 11.6 Å². The molecular formula is C38H42N10O6S2. The molecule has 2 aromatic carbocycles. The Morgan fingerprint density at radius 2 is 1.00 bits per heavy atom. The van der Waals surface area contributed by atoms with Gasteiger partial charge in [-0.3, -0.25) is 19.0 Å². The summed E-state index contributed by atoms with van der Waals surface area (Å²) in [4.78, 5) is 34.1. The highest BCUT2D eigenvalue weighted by atomic mass is 32.2. The SMILES string of the molecule is CNC(=O)c1c2cc(C3CC3)c(NS(C)(=O)=O)cc2nn1-c1ccc(C)cn1.CNC(=O)c1c2cc(C3CC3)c(NS(C)(=O)=O)cc2nn1-c1ccc(C)cn1. The van der Waals surface area contributed by atoms with Crippen molar-refractivity contribution in [3.8, 4) is 11.6 Å². The number of carbonyl (C=O) groups is 2. The number of rotatable bonds is 10. The highest BCUT2D eigenvalue weighted by Crippen LogP contribution is 2.46. The van der Waals surface area contributed by atoms with Crippen LogP contribution < -0.4 is 20.1 Å². The molecule has 2 aliphatic rings. The van der Waals surface area contributed by atoms with E-state index in [1.54, 1.807) is 50.8 Å². The highest BCUT2D eigenvalue weighted by molar-refractivity contribution is 7.92. The van der Waals surface area contributed by atoms with E-state index in [0.717, 1.165) is 60.4 Å². The maximum Gasteiger partial charge on any atom is 0.270 e. The zero-order valence-corrected chi connectivity index (χ0v) is 33.3. The molecule has 16 nitrogen and oxygen atoms in total. The van der Waals surface area contributed by atoms with Gasteiger partial charge in [-0.2, -0.15) is 10.2 Å². The standard InChI is InChI=1S/2C19H21N5O3S/c2*1-11-4-7-17(21-10-11)24-18(19(25)20-2)14-8-13(12-5-6-12)16(9-15(14)22-24)23-28(3,26)27/h2*4,7-10,12,23H,5-6H2,1-3H3,(H,20,25). The lowest BCUT2D eigenvalue weighted by molar-refractivity contribution is 0.0949. The van der Waals surface area contributed by atoms with Crippen molar-refractivity contribution < 1.29 is 26.4 Å². The number of amides is 2. The number of pyridine rings is 2. The van der Waals surface area contributed by atoms with Crippen molar-refractivity contribution in [2.75, 3.05) is 36.1 Å². The van der Waals surface area contributed by atoms with Gasteiger partial charge in [0.05, 0.1) is 34.9 Å². The minimum absolute atomic E-state index is 0.282. The molecule has 2 saturated carbocycles. The summed E-state index contributed by atoms with van der Waals surface area (Å²) in [5, 5.41) is 15.8. The van der Waals surface area contributed by atoms with Gasteiger partial charge in [-0.05, 0) is 110 Å². The molecule has 2 aliphatic carbocycles. The van der Waals surface area contributed by atoms with E-state index >= 15 is 0 Å². The minimum Gasteiger partial charge on any atom is -0.354 e. The first-order valence-corrected chi connectivity index (χ1v) is 21.7. The summed E-state index contributed by atoms with van der Waals surface area (Å²) >= 11 is 0. The monoisotopic (exact) mass is 798 g/mol. The molecule has 0 saturated heterocycles. The van der Waals surface area contributed by atoms with E-state index in [1.165, 1.54) is 9.36 Å². The number of benzene rings is 2. The Labute approximate surface area is 324 Å². The maximum atomic E-state index is 12.6. The Morgan fingerprint density at radius 3 is 1.29 bits per heavy atom. The average molecular weight is 799 g/mol. The van der Waals surface area contributed by atoms with Gasteiger partial charge in [0.2, 0.25) is 20.0 Å². The summed E-state index contributed by atoms with van der Waals surface area (Å²) in [5.74, 6) is 1.04. The van der Waals surface area contributed by atoms with Crippen LogP contribution in [0, 0.1) is 13.8 Å². The van der Waals surface area contributed by atoms with Crippen LogP contribution in [0.15, 0.2) is 60.9 Å². The van der Waals surface area contributed by atoms with Crippen LogP contribution in [0.5, 0.6) is 0 Å². The molecule has 8 rings (SSSR count). The topological polar surface area (TPSA) is 212 Å². The molecule has 6 aromatic rings. The molecule has 0 spiro atoms. The summed E-state index contributed by atoms with van der Waals surface area (Å²) in [6, 6.07) is 14.5. The molecule has 292 valence electrons. The van der Waals surface area contributed by atoms with Crippen LogP contribution in [0.25, 0.3) is 33.4 Å². The van der Waals surface area contributed by atoms with Crippen LogP contribution in [-0.4, -0.2) is 84.8 Å². The third-order valence-corrected chi connectivity index (χ3v) is 10.6. The Morgan fingerprint density at radius 1 is 0.625 bits per heavy atom. The molecule has 4 aromatic heterocycles. The number of fused-ring (bicyclic) bond motifs is 2. The van der Waals surface area contributed by atoms with E-state index in [9.17, 15) is 26.4 Å². The molecule has 2 fully saturated rings. The van der Waals surface area contributed by atoms with Gasteiger partial charge in [0.25, 0.3) is 11.8 Å². The van der Waals surface area contributed by atoms with E-state index in [0.29, 0.717) is 56.2 Å². The molecule has 0 aliphatic heterocycles. The van der Waals surface area contributed by atoms with Gasteiger partial charge in [-0.15, -0.1) is 0 Å². The zero-order valence-electron chi connectivity index (χ0n) is 31.7. The summed E-state index contributed by atoms with van der Waals surface area (Å²) < 4.78 is 55.4. The van der Waals surface area contributed by atoms with E-state index in [4.69, 9.17) is 0 Å². The number of aryl methyl sites for hydroxylation is 2. The van der Waals surface area contributed by atoms with Crippen molar-refractivity contribution >= 4 is 65.0 Å². The second-order valence-corrected chi connectivity index (χ2v) is 17.8. The molecule has 0 unspecified atom stereocenters. The fraction of sp³-hybridized carbons (Fsp3) is 0.316. The summed E-state index contributed by atoms with van der Waals surface area (Å²) in [7, 11) is -3.73. The van der Waals surface area contributed by atoms with Crippen LogP contribution >= 0.6 is 0 Å². The van der Waals surface area contributed by atoms with Gasteiger partial charge in [-0.1, -0.05) is 12.1 Å². The summed E-state index contributed by atoms with van der Waals surface area (Å²) in [6.07, 6.45) is 9.64. The lowest BCUT2D eigenvalue weighted by atomic mass is 10.0. The van der Waals surface area contributed by atoms with E-state index in [1.807, 2.05) is 38.1 Å². The Balaban J connectivity index is 0.000000172. The lowest BCUT2D eigenvalue weighted by Gasteiger charge is -2.10. The normalized spacial score (nSPS) is 14.2. The third kappa shape index (κ3) is 8.20. The van der Waals surface area contributed by atoms with E-state index in [-0.39, 0.29) is 23.7 Å². The van der Waals surface area contributed by atoms with Crippen molar-refractivity contribution in [2.24, 2.45) is 0 Å². The van der Waals surface area contributed by atoms with Crippen LogP contribution in [0.1, 0.15) is 80.7 Å². The number of carbonyl (C=O) groups excluding carboxylic acids is 2. The van der Waals surface area contributed by atoms with Crippen molar-refractivity contribution in [1.29, 1.82) is 0 Å². The van der Waals surface area contributed by atoms with Gasteiger partial charge in [0.1, 0.15) is 11.4 Å².